The molecule has 0 unspecified atom stereocenters. The van der Waals surface area contributed by atoms with E-state index in [1.54, 1.807) is 5.57 Å². The summed E-state index contributed by atoms with van der Waals surface area (Å²) < 4.78 is 5.79. The Kier molecular flexibility index (Phi) is 5.57. The van der Waals surface area contributed by atoms with Gasteiger partial charge in [-0.1, -0.05) is 30.6 Å². The summed E-state index contributed by atoms with van der Waals surface area (Å²) in [7, 11) is 0. The zero-order valence-corrected chi connectivity index (χ0v) is 19.1. The molecule has 2 saturated carbocycles. The fourth-order valence-corrected chi connectivity index (χ4v) is 6.67. The van der Waals surface area contributed by atoms with Gasteiger partial charge in [-0.25, -0.2) is 0 Å². The van der Waals surface area contributed by atoms with E-state index in [0.717, 1.165) is 38.5 Å². The number of ether oxygens (including phenoxy) is 1. The highest BCUT2D eigenvalue weighted by atomic mass is 16.6. The van der Waals surface area contributed by atoms with Crippen molar-refractivity contribution >= 4 is 11.7 Å². The zero-order valence-electron chi connectivity index (χ0n) is 19.1. The number of esters is 1. The van der Waals surface area contributed by atoms with E-state index in [1.165, 1.54) is 41.8 Å². The lowest BCUT2D eigenvalue weighted by molar-refractivity contribution is -0.384. The van der Waals surface area contributed by atoms with Gasteiger partial charge >= 0.3 is 5.97 Å². The molecule has 4 atom stereocenters. The van der Waals surface area contributed by atoms with Gasteiger partial charge in [0.05, 0.1) is 10.3 Å². The number of benzene rings is 1. The molecule has 166 valence electrons. The van der Waals surface area contributed by atoms with Crippen molar-refractivity contribution in [3.05, 3.63) is 57.2 Å². The summed E-state index contributed by atoms with van der Waals surface area (Å²) in [6.07, 6.45) is 9.84. The van der Waals surface area contributed by atoms with Gasteiger partial charge in [0.15, 0.2) is 0 Å². The number of nitro groups is 1. The smallest absolute Gasteiger partial charge is 0.317 e. The predicted octanol–water partition coefficient (Wildman–Crippen LogP) is 6.78. The van der Waals surface area contributed by atoms with Gasteiger partial charge in [0.1, 0.15) is 5.75 Å². The van der Waals surface area contributed by atoms with Gasteiger partial charge < -0.3 is 4.74 Å². The maximum absolute atomic E-state index is 13.4. The van der Waals surface area contributed by atoms with Crippen LogP contribution in [0.4, 0.5) is 5.69 Å². The first-order chi connectivity index (χ1) is 14.6. The standard InChI is InChI=1S/C26H33NO4/c1-17(2)18-6-12-22-19(16-18)7-13-23-25(22,3)14-5-15-26(23,4)24(28)31-21-10-8-20(9-11-21)27(29)30/h8-11,16,22-23H,5-7,12-15H2,1-4H3/t22-,23+,25+,26+/m0/s1. The van der Waals surface area contributed by atoms with Crippen LogP contribution in [0.1, 0.15) is 72.6 Å². The first kappa shape index (κ1) is 21.8. The Labute approximate surface area is 184 Å². The van der Waals surface area contributed by atoms with Crippen molar-refractivity contribution in [3.8, 4) is 5.75 Å². The lowest BCUT2D eigenvalue weighted by Gasteiger charge is -2.58. The molecule has 5 nitrogen and oxygen atoms in total. The number of fused-ring (bicyclic) bond motifs is 3. The highest BCUT2D eigenvalue weighted by molar-refractivity contribution is 5.79. The molecule has 1 aromatic carbocycles. The molecule has 0 radical (unpaired) electrons. The summed E-state index contributed by atoms with van der Waals surface area (Å²) in [5.74, 6) is 1.02. The quantitative estimate of drug-likeness (QED) is 0.232. The van der Waals surface area contributed by atoms with Crippen LogP contribution in [0.3, 0.4) is 0 Å². The zero-order chi connectivity index (χ0) is 22.4. The number of hydrogen-bond acceptors (Lipinski definition) is 4. The van der Waals surface area contributed by atoms with Crippen molar-refractivity contribution in [1.29, 1.82) is 0 Å². The number of carbonyl (C=O) groups is 1. The molecule has 4 rings (SSSR count). The van der Waals surface area contributed by atoms with Crippen LogP contribution in [0.25, 0.3) is 0 Å². The molecule has 0 heterocycles. The molecule has 0 amide bonds. The van der Waals surface area contributed by atoms with Crippen molar-refractivity contribution in [2.75, 3.05) is 0 Å². The first-order valence-corrected chi connectivity index (χ1v) is 11.5. The maximum atomic E-state index is 13.4. The molecule has 2 fully saturated rings. The second kappa shape index (κ2) is 7.92. The van der Waals surface area contributed by atoms with Crippen LogP contribution in [-0.4, -0.2) is 10.9 Å². The molecule has 0 aromatic heterocycles. The van der Waals surface area contributed by atoms with Gasteiger partial charge in [-0.3, -0.25) is 14.9 Å². The van der Waals surface area contributed by atoms with Crippen molar-refractivity contribution in [3.63, 3.8) is 0 Å². The molecular formula is C26H33NO4. The monoisotopic (exact) mass is 423 g/mol. The molecule has 3 aliphatic carbocycles. The van der Waals surface area contributed by atoms with Gasteiger partial charge in [-0.2, -0.15) is 0 Å². The fraction of sp³-hybridized carbons (Fsp3) is 0.577. The number of nitrogens with zero attached hydrogens (tertiary/aromatic N) is 1. The summed E-state index contributed by atoms with van der Waals surface area (Å²) in [5.41, 5.74) is 4.06. The second-order valence-corrected chi connectivity index (χ2v) is 10.3. The summed E-state index contributed by atoms with van der Waals surface area (Å²) in [5, 5.41) is 10.9. The average Bonchev–Trinajstić information content (AvgIpc) is 2.73. The van der Waals surface area contributed by atoms with Gasteiger partial charge in [-0.15, -0.1) is 0 Å². The van der Waals surface area contributed by atoms with Crippen molar-refractivity contribution < 1.29 is 14.5 Å². The third-order valence-corrected chi connectivity index (χ3v) is 8.37. The van der Waals surface area contributed by atoms with Crippen LogP contribution >= 0.6 is 0 Å². The lowest BCUT2D eigenvalue weighted by Crippen LogP contribution is -2.54. The lowest BCUT2D eigenvalue weighted by atomic mass is 9.46. The van der Waals surface area contributed by atoms with Crippen LogP contribution in [0.15, 0.2) is 47.1 Å². The summed E-state index contributed by atoms with van der Waals surface area (Å²) in [6.45, 7) is 8.89. The van der Waals surface area contributed by atoms with E-state index in [2.05, 4.69) is 33.8 Å². The van der Waals surface area contributed by atoms with E-state index in [0.29, 0.717) is 11.7 Å². The Hall–Kier alpha value is -2.43. The molecular weight excluding hydrogens is 390 g/mol. The molecule has 0 aliphatic heterocycles. The minimum absolute atomic E-state index is 0.00381. The SMILES string of the molecule is CC(C)=C1C=C2CC[C@@H]3[C@](C)(CCC[C@@]3(C)C(=O)Oc3ccc([N+](=O)[O-])cc3)[C@H]2CC1. The van der Waals surface area contributed by atoms with Crippen molar-refractivity contribution in [2.45, 2.75) is 72.6 Å². The first-order valence-electron chi connectivity index (χ1n) is 11.5. The minimum Gasteiger partial charge on any atom is -0.426 e. The van der Waals surface area contributed by atoms with Gasteiger partial charge in [-0.05, 0) is 94.3 Å². The van der Waals surface area contributed by atoms with Gasteiger partial charge in [0.25, 0.3) is 5.69 Å². The Morgan fingerprint density at radius 1 is 1.10 bits per heavy atom. The number of carbonyl (C=O) groups excluding carboxylic acids is 1. The van der Waals surface area contributed by atoms with Gasteiger partial charge in [0, 0.05) is 12.1 Å². The number of rotatable bonds is 3. The van der Waals surface area contributed by atoms with E-state index in [4.69, 9.17) is 4.74 Å². The normalized spacial score (nSPS) is 32.4. The molecule has 5 heteroatoms. The van der Waals surface area contributed by atoms with Crippen LogP contribution in [0.2, 0.25) is 0 Å². The van der Waals surface area contributed by atoms with Crippen molar-refractivity contribution in [2.24, 2.45) is 22.7 Å². The third kappa shape index (κ3) is 3.72. The van der Waals surface area contributed by atoms with Gasteiger partial charge in [0.2, 0.25) is 0 Å². The Morgan fingerprint density at radius 3 is 2.45 bits per heavy atom. The second-order valence-electron chi connectivity index (χ2n) is 10.3. The Balaban J connectivity index is 1.58. The summed E-state index contributed by atoms with van der Waals surface area (Å²) in [6, 6.07) is 5.81. The minimum atomic E-state index is -0.531. The molecule has 0 bridgehead atoms. The summed E-state index contributed by atoms with van der Waals surface area (Å²) in [4.78, 5) is 23.9. The van der Waals surface area contributed by atoms with Crippen LogP contribution in [0, 0.1) is 32.8 Å². The number of non-ortho nitro benzene ring substituents is 1. The molecule has 0 spiro atoms. The number of nitro benzene ring substituents is 1. The van der Waals surface area contributed by atoms with Crippen LogP contribution in [0.5, 0.6) is 5.75 Å². The maximum Gasteiger partial charge on any atom is 0.317 e. The average molecular weight is 424 g/mol. The molecule has 31 heavy (non-hydrogen) atoms. The van der Waals surface area contributed by atoms with Crippen molar-refractivity contribution in [1.82, 2.24) is 0 Å². The van der Waals surface area contributed by atoms with E-state index in [-0.39, 0.29) is 23.0 Å². The molecule has 0 N–H and O–H groups in total. The third-order valence-electron chi connectivity index (χ3n) is 8.37. The number of allylic oxidation sites excluding steroid dienone is 4. The largest absolute Gasteiger partial charge is 0.426 e. The molecule has 3 aliphatic rings. The highest BCUT2D eigenvalue weighted by Gasteiger charge is 2.58. The van der Waals surface area contributed by atoms with E-state index >= 15 is 0 Å². The summed E-state index contributed by atoms with van der Waals surface area (Å²) >= 11 is 0. The topological polar surface area (TPSA) is 69.4 Å². The Bertz CT molecular complexity index is 956. The fourth-order valence-electron chi connectivity index (χ4n) is 6.67. The predicted molar refractivity (Wildman–Crippen MR) is 121 cm³/mol. The van der Waals surface area contributed by atoms with Crippen LogP contribution in [-0.2, 0) is 4.79 Å². The van der Waals surface area contributed by atoms with E-state index < -0.39 is 10.3 Å². The molecule has 1 aromatic rings. The van der Waals surface area contributed by atoms with E-state index in [1.807, 2.05) is 0 Å². The van der Waals surface area contributed by atoms with Crippen LogP contribution < -0.4 is 4.74 Å². The van der Waals surface area contributed by atoms with E-state index in [9.17, 15) is 14.9 Å². The molecule has 0 saturated heterocycles. The highest BCUT2D eigenvalue weighted by Crippen LogP contribution is 2.63. The Morgan fingerprint density at radius 2 is 1.81 bits per heavy atom. The number of hydrogen-bond donors (Lipinski definition) is 0.